The molecule has 0 atom stereocenters. The van der Waals surface area contributed by atoms with E-state index in [1.807, 2.05) is 0 Å². The molecule has 1 aromatic carbocycles. The van der Waals surface area contributed by atoms with Crippen LogP contribution in [0.4, 0.5) is 17.6 Å². The molecule has 1 saturated heterocycles. The van der Waals surface area contributed by atoms with E-state index in [-0.39, 0.29) is 17.8 Å². The summed E-state index contributed by atoms with van der Waals surface area (Å²) in [5, 5.41) is 0. The molecule has 0 saturated carbocycles. The molecule has 0 unspecified atom stereocenters. The second kappa shape index (κ2) is 5.67. The molecule has 0 aromatic heterocycles. The van der Waals surface area contributed by atoms with Crippen molar-refractivity contribution >= 4 is 12.6 Å². The van der Waals surface area contributed by atoms with Crippen molar-refractivity contribution < 1.29 is 31.6 Å². The van der Waals surface area contributed by atoms with E-state index in [9.17, 15) is 17.6 Å². The van der Waals surface area contributed by atoms with Crippen LogP contribution >= 0.6 is 0 Å². The lowest BCUT2D eigenvalue weighted by molar-refractivity contribution is -0.139. The van der Waals surface area contributed by atoms with Crippen molar-refractivity contribution in [2.75, 3.05) is 6.61 Å². The van der Waals surface area contributed by atoms with E-state index in [2.05, 4.69) is 0 Å². The van der Waals surface area contributed by atoms with Gasteiger partial charge in [-0.2, -0.15) is 13.2 Å². The molecule has 0 aliphatic carbocycles. The van der Waals surface area contributed by atoms with Gasteiger partial charge in [0.15, 0.2) is 0 Å². The van der Waals surface area contributed by atoms with Crippen molar-refractivity contribution in [3.63, 3.8) is 0 Å². The quantitative estimate of drug-likeness (QED) is 0.625. The van der Waals surface area contributed by atoms with Gasteiger partial charge in [0, 0.05) is 0 Å². The fourth-order valence-electron chi connectivity index (χ4n) is 2.26. The van der Waals surface area contributed by atoms with Crippen molar-refractivity contribution in [1.29, 1.82) is 0 Å². The second-order valence-electron chi connectivity index (χ2n) is 6.36. The fraction of sp³-hybridized carbons (Fsp3) is 0.600. The molecule has 0 bridgehead atoms. The van der Waals surface area contributed by atoms with Crippen molar-refractivity contribution in [1.82, 2.24) is 0 Å². The molecule has 1 fully saturated rings. The number of ether oxygens (including phenoxy) is 1. The van der Waals surface area contributed by atoms with E-state index >= 15 is 0 Å². The van der Waals surface area contributed by atoms with Gasteiger partial charge in [-0.05, 0) is 46.8 Å². The Labute approximate surface area is 133 Å². The maximum absolute atomic E-state index is 14.5. The topological polar surface area (TPSA) is 27.7 Å². The molecule has 1 aromatic rings. The second-order valence-corrected chi connectivity index (χ2v) is 6.36. The Morgan fingerprint density at radius 1 is 1.09 bits per heavy atom. The Hall–Kier alpha value is -1.28. The molecule has 3 nitrogen and oxygen atoms in total. The summed E-state index contributed by atoms with van der Waals surface area (Å²) in [6.45, 7) is 8.77. The van der Waals surface area contributed by atoms with Crippen molar-refractivity contribution in [2.24, 2.45) is 0 Å². The molecular formula is C15H19BF4O3. The molecule has 23 heavy (non-hydrogen) atoms. The smallest absolute Gasteiger partial charge is 0.494 e. The van der Waals surface area contributed by atoms with Gasteiger partial charge < -0.3 is 14.0 Å². The first kappa shape index (κ1) is 18.1. The summed E-state index contributed by atoms with van der Waals surface area (Å²) < 4.78 is 70.1. The lowest BCUT2D eigenvalue weighted by Gasteiger charge is -2.32. The Balaban J connectivity index is 2.56. The zero-order valence-corrected chi connectivity index (χ0v) is 13.7. The molecule has 0 spiro atoms. The van der Waals surface area contributed by atoms with E-state index < -0.39 is 35.9 Å². The highest BCUT2D eigenvalue weighted by Gasteiger charge is 2.54. The van der Waals surface area contributed by atoms with Crippen LogP contribution in [-0.4, -0.2) is 24.9 Å². The lowest BCUT2D eigenvalue weighted by Crippen LogP contribution is -2.41. The van der Waals surface area contributed by atoms with E-state index in [1.54, 1.807) is 34.6 Å². The van der Waals surface area contributed by atoms with Gasteiger partial charge >= 0.3 is 13.3 Å². The number of rotatable bonds is 3. The summed E-state index contributed by atoms with van der Waals surface area (Å²) in [5.41, 5.74) is -3.34. The minimum absolute atomic E-state index is 0.0171. The van der Waals surface area contributed by atoms with Crippen LogP contribution in [0.5, 0.6) is 5.75 Å². The summed E-state index contributed by atoms with van der Waals surface area (Å²) in [6.07, 6.45) is -4.81. The summed E-state index contributed by atoms with van der Waals surface area (Å²) >= 11 is 0. The Kier molecular flexibility index (Phi) is 4.45. The van der Waals surface area contributed by atoms with Gasteiger partial charge in [-0.3, -0.25) is 0 Å². The van der Waals surface area contributed by atoms with Crippen LogP contribution in [0.25, 0.3) is 0 Å². The van der Waals surface area contributed by atoms with E-state index in [4.69, 9.17) is 14.0 Å². The van der Waals surface area contributed by atoms with Crippen LogP contribution in [0.2, 0.25) is 0 Å². The van der Waals surface area contributed by atoms with Crippen LogP contribution in [0.3, 0.4) is 0 Å². The van der Waals surface area contributed by atoms with Gasteiger partial charge in [0.25, 0.3) is 0 Å². The molecule has 1 heterocycles. The largest absolute Gasteiger partial charge is 0.501 e. The highest BCUT2D eigenvalue weighted by molar-refractivity contribution is 6.63. The molecule has 0 N–H and O–H groups in total. The molecule has 1 aliphatic heterocycles. The minimum atomic E-state index is -4.81. The third-order valence-electron chi connectivity index (χ3n) is 4.23. The maximum Gasteiger partial charge on any atom is 0.501 e. The van der Waals surface area contributed by atoms with Crippen LogP contribution in [0.1, 0.15) is 40.2 Å². The first-order chi connectivity index (χ1) is 10.4. The van der Waals surface area contributed by atoms with Gasteiger partial charge in [-0.1, -0.05) is 0 Å². The normalized spacial score (nSPS) is 20.0. The molecule has 8 heteroatoms. The summed E-state index contributed by atoms with van der Waals surface area (Å²) in [6, 6.07) is 1.75. The average molecular weight is 334 g/mol. The van der Waals surface area contributed by atoms with Gasteiger partial charge in [0.2, 0.25) is 0 Å². The lowest BCUT2D eigenvalue weighted by atomic mass is 9.76. The molecule has 0 amide bonds. The third-order valence-corrected chi connectivity index (χ3v) is 4.23. The number of hydrogen-bond donors (Lipinski definition) is 0. The predicted octanol–water partition coefficient (Wildman–Crippen LogP) is 3.54. The Morgan fingerprint density at radius 3 is 2.04 bits per heavy atom. The van der Waals surface area contributed by atoms with Crippen molar-refractivity contribution in [3.05, 3.63) is 23.5 Å². The fourth-order valence-corrected chi connectivity index (χ4v) is 2.26. The van der Waals surface area contributed by atoms with E-state index in [0.29, 0.717) is 6.07 Å². The SMILES string of the molecule is CCOc1ccc(C(F)(F)F)c(F)c1B1OC(C)(C)C(C)(C)O1. The van der Waals surface area contributed by atoms with E-state index in [1.165, 1.54) is 0 Å². The number of benzene rings is 1. The van der Waals surface area contributed by atoms with Gasteiger partial charge in [-0.15, -0.1) is 0 Å². The summed E-state index contributed by atoms with van der Waals surface area (Å²) in [7, 11) is -1.27. The summed E-state index contributed by atoms with van der Waals surface area (Å²) in [4.78, 5) is 0. The average Bonchev–Trinajstić information content (AvgIpc) is 2.56. The Morgan fingerprint density at radius 2 is 1.61 bits per heavy atom. The van der Waals surface area contributed by atoms with E-state index in [0.717, 1.165) is 6.07 Å². The molecule has 0 radical (unpaired) electrons. The molecule has 128 valence electrons. The molecule has 2 rings (SSSR count). The standard InChI is InChI=1S/C15H19BF4O3/c1-6-21-10-8-7-9(15(18,19)20)12(17)11(10)16-22-13(2,3)14(4,5)23-16/h7-8H,6H2,1-5H3. The third kappa shape index (κ3) is 3.19. The summed E-state index contributed by atoms with van der Waals surface area (Å²) in [5.74, 6) is -1.45. The highest BCUT2D eigenvalue weighted by atomic mass is 19.4. The van der Waals surface area contributed by atoms with Crippen molar-refractivity contribution in [2.45, 2.75) is 52.0 Å². The van der Waals surface area contributed by atoms with Gasteiger partial charge in [-0.25, -0.2) is 4.39 Å². The highest BCUT2D eigenvalue weighted by Crippen LogP contribution is 2.39. The molecule has 1 aliphatic rings. The number of halogens is 4. The zero-order valence-electron chi connectivity index (χ0n) is 13.7. The van der Waals surface area contributed by atoms with Gasteiger partial charge in [0.05, 0.1) is 28.8 Å². The number of hydrogen-bond acceptors (Lipinski definition) is 3. The van der Waals surface area contributed by atoms with Crippen molar-refractivity contribution in [3.8, 4) is 5.75 Å². The first-order valence-corrected chi connectivity index (χ1v) is 7.28. The zero-order chi connectivity index (χ0) is 17.6. The van der Waals surface area contributed by atoms with Crippen LogP contribution in [0.15, 0.2) is 12.1 Å². The predicted molar refractivity (Wildman–Crippen MR) is 78.3 cm³/mol. The van der Waals surface area contributed by atoms with Crippen LogP contribution in [0, 0.1) is 5.82 Å². The van der Waals surface area contributed by atoms with Crippen LogP contribution < -0.4 is 10.2 Å². The maximum atomic E-state index is 14.5. The minimum Gasteiger partial charge on any atom is -0.494 e. The van der Waals surface area contributed by atoms with Crippen LogP contribution in [-0.2, 0) is 15.5 Å². The van der Waals surface area contributed by atoms with Gasteiger partial charge in [0.1, 0.15) is 11.6 Å². The first-order valence-electron chi connectivity index (χ1n) is 7.28. The monoisotopic (exact) mass is 334 g/mol. The number of alkyl halides is 3. The molecular weight excluding hydrogens is 315 g/mol. The Bertz CT molecular complexity index is 583.